The van der Waals surface area contributed by atoms with E-state index in [0.717, 1.165) is 12.3 Å². The van der Waals surface area contributed by atoms with Crippen molar-refractivity contribution >= 4 is 12.1 Å². The Morgan fingerprint density at radius 3 is 2.40 bits per heavy atom. The number of hydrogen-bond donors (Lipinski definition) is 1. The van der Waals surface area contributed by atoms with Crippen LogP contribution in [0.25, 0.3) is 0 Å². The van der Waals surface area contributed by atoms with Crippen molar-refractivity contribution in [3.8, 4) is 11.5 Å². The minimum atomic E-state index is -4.50. The number of amides is 1. The zero-order valence-corrected chi connectivity index (χ0v) is 13.4. The predicted molar refractivity (Wildman–Crippen MR) is 86.1 cm³/mol. The molecule has 0 heterocycles. The lowest BCUT2D eigenvalue weighted by Gasteiger charge is -2.09. The van der Waals surface area contributed by atoms with Crippen molar-refractivity contribution in [1.82, 2.24) is 5.43 Å². The van der Waals surface area contributed by atoms with Gasteiger partial charge in [0.15, 0.2) is 11.5 Å². The molecule has 0 saturated heterocycles. The number of ether oxygens (including phenoxy) is 2. The van der Waals surface area contributed by atoms with Crippen LogP contribution in [0.3, 0.4) is 0 Å². The molecule has 0 aromatic heterocycles. The summed E-state index contributed by atoms with van der Waals surface area (Å²) in [6.45, 7) is 0. The van der Waals surface area contributed by atoms with Gasteiger partial charge in [-0.05, 0) is 24.3 Å². The van der Waals surface area contributed by atoms with Crippen molar-refractivity contribution in [3.05, 3.63) is 59.2 Å². The standard InChI is InChI=1S/C17H15F3N2O3/c1-24-14-8-7-11(9-15(14)25-2)16(23)22-21-10-12-5-3-4-6-13(12)17(18,19)20/h3-10H,1-2H3,(H,22,23)/b21-10-. The van der Waals surface area contributed by atoms with Gasteiger partial charge in [-0.2, -0.15) is 18.3 Å². The second-order valence-electron chi connectivity index (χ2n) is 4.85. The number of nitrogens with zero attached hydrogens (tertiary/aromatic N) is 1. The second kappa shape index (κ2) is 7.69. The third kappa shape index (κ3) is 4.50. The lowest BCUT2D eigenvalue weighted by molar-refractivity contribution is -0.137. The fourth-order valence-electron chi connectivity index (χ4n) is 2.07. The van der Waals surface area contributed by atoms with Crippen molar-refractivity contribution in [2.75, 3.05) is 14.2 Å². The summed E-state index contributed by atoms with van der Waals surface area (Å²) in [5.74, 6) is 0.199. The molecule has 0 fully saturated rings. The van der Waals surface area contributed by atoms with E-state index in [2.05, 4.69) is 10.5 Å². The smallest absolute Gasteiger partial charge is 0.417 e. The summed E-state index contributed by atoms with van der Waals surface area (Å²) >= 11 is 0. The van der Waals surface area contributed by atoms with Crippen molar-refractivity contribution in [2.45, 2.75) is 6.18 Å². The summed E-state index contributed by atoms with van der Waals surface area (Å²) in [6, 6.07) is 9.39. The molecule has 5 nitrogen and oxygen atoms in total. The van der Waals surface area contributed by atoms with E-state index in [9.17, 15) is 18.0 Å². The van der Waals surface area contributed by atoms with E-state index in [4.69, 9.17) is 9.47 Å². The lowest BCUT2D eigenvalue weighted by Crippen LogP contribution is -2.18. The number of nitrogens with one attached hydrogen (secondary N) is 1. The molecule has 0 aliphatic carbocycles. The van der Waals surface area contributed by atoms with Gasteiger partial charge < -0.3 is 9.47 Å². The van der Waals surface area contributed by atoms with E-state index >= 15 is 0 Å². The highest BCUT2D eigenvalue weighted by Crippen LogP contribution is 2.31. The van der Waals surface area contributed by atoms with Gasteiger partial charge in [0.2, 0.25) is 0 Å². The molecule has 132 valence electrons. The van der Waals surface area contributed by atoms with E-state index in [0.29, 0.717) is 11.5 Å². The summed E-state index contributed by atoms with van der Waals surface area (Å²) in [4.78, 5) is 12.0. The Bertz CT molecular complexity index is 789. The first kappa shape index (κ1) is 18.3. The van der Waals surface area contributed by atoms with Gasteiger partial charge >= 0.3 is 6.18 Å². The Labute approximate surface area is 142 Å². The molecular formula is C17H15F3N2O3. The van der Waals surface area contributed by atoms with Crippen LogP contribution < -0.4 is 14.9 Å². The van der Waals surface area contributed by atoms with Gasteiger partial charge in [-0.3, -0.25) is 4.79 Å². The molecule has 0 atom stereocenters. The molecule has 0 radical (unpaired) electrons. The number of rotatable bonds is 5. The van der Waals surface area contributed by atoms with Gasteiger partial charge in [-0.1, -0.05) is 18.2 Å². The van der Waals surface area contributed by atoms with E-state index in [1.165, 1.54) is 50.6 Å². The highest BCUT2D eigenvalue weighted by molar-refractivity contribution is 5.95. The first-order valence-corrected chi connectivity index (χ1v) is 7.08. The maximum atomic E-state index is 12.9. The quantitative estimate of drug-likeness (QED) is 0.662. The van der Waals surface area contributed by atoms with Gasteiger partial charge in [0.1, 0.15) is 0 Å². The van der Waals surface area contributed by atoms with Gasteiger partial charge in [0.05, 0.1) is 26.0 Å². The number of hydrazone groups is 1. The zero-order valence-electron chi connectivity index (χ0n) is 13.4. The summed E-state index contributed by atoms with van der Waals surface area (Å²) in [5.41, 5.74) is 1.42. The molecule has 1 N–H and O–H groups in total. The minimum Gasteiger partial charge on any atom is -0.493 e. The summed E-state index contributed by atoms with van der Waals surface area (Å²) in [6.07, 6.45) is -3.56. The Kier molecular flexibility index (Phi) is 5.63. The van der Waals surface area contributed by atoms with Crippen LogP contribution in [-0.4, -0.2) is 26.3 Å². The van der Waals surface area contributed by atoms with Gasteiger partial charge in [0.25, 0.3) is 5.91 Å². The van der Waals surface area contributed by atoms with Crippen LogP contribution in [0, 0.1) is 0 Å². The molecular weight excluding hydrogens is 337 g/mol. The monoisotopic (exact) mass is 352 g/mol. The second-order valence-corrected chi connectivity index (χ2v) is 4.85. The van der Waals surface area contributed by atoms with Crippen LogP contribution in [-0.2, 0) is 6.18 Å². The number of carbonyl (C=O) groups excluding carboxylic acids is 1. The SMILES string of the molecule is COc1ccc(C(=O)N/N=C\c2ccccc2C(F)(F)F)cc1OC. The van der Waals surface area contributed by atoms with Crippen LogP contribution in [0.2, 0.25) is 0 Å². The van der Waals surface area contributed by atoms with Crippen LogP contribution in [0.4, 0.5) is 13.2 Å². The average Bonchev–Trinajstić information content (AvgIpc) is 2.60. The fourth-order valence-corrected chi connectivity index (χ4v) is 2.07. The van der Waals surface area contributed by atoms with Gasteiger partial charge in [0, 0.05) is 11.1 Å². The summed E-state index contributed by atoms with van der Waals surface area (Å²) < 4.78 is 48.8. The molecule has 8 heteroatoms. The largest absolute Gasteiger partial charge is 0.493 e. The molecule has 0 aliphatic rings. The lowest BCUT2D eigenvalue weighted by atomic mass is 10.1. The maximum Gasteiger partial charge on any atom is 0.417 e. The number of carbonyl (C=O) groups is 1. The Morgan fingerprint density at radius 2 is 1.76 bits per heavy atom. The molecule has 0 spiro atoms. The van der Waals surface area contributed by atoms with E-state index in [1.54, 1.807) is 0 Å². The maximum absolute atomic E-state index is 12.9. The topological polar surface area (TPSA) is 59.9 Å². The van der Waals surface area contributed by atoms with Crippen molar-refractivity contribution in [1.29, 1.82) is 0 Å². The number of halogens is 3. The zero-order chi connectivity index (χ0) is 18.4. The number of hydrogen-bond acceptors (Lipinski definition) is 4. The molecule has 0 unspecified atom stereocenters. The third-order valence-electron chi connectivity index (χ3n) is 3.28. The van der Waals surface area contributed by atoms with Crippen LogP contribution >= 0.6 is 0 Å². The molecule has 1 amide bonds. The summed E-state index contributed by atoms with van der Waals surface area (Å²) in [7, 11) is 2.88. The Balaban J connectivity index is 2.14. The van der Waals surface area contributed by atoms with Gasteiger partial charge in [-0.25, -0.2) is 5.43 Å². The fraction of sp³-hybridized carbons (Fsp3) is 0.176. The Morgan fingerprint density at radius 1 is 1.08 bits per heavy atom. The van der Waals surface area contributed by atoms with E-state index in [1.807, 2.05) is 0 Å². The molecule has 0 aliphatic heterocycles. The van der Waals surface area contributed by atoms with Crippen LogP contribution in [0.15, 0.2) is 47.6 Å². The molecule has 2 rings (SSSR count). The third-order valence-corrected chi connectivity index (χ3v) is 3.28. The molecule has 2 aromatic carbocycles. The molecule has 0 saturated carbocycles. The van der Waals surface area contributed by atoms with Crippen LogP contribution in [0.5, 0.6) is 11.5 Å². The average molecular weight is 352 g/mol. The number of methoxy groups -OCH3 is 2. The van der Waals surface area contributed by atoms with Crippen molar-refractivity contribution in [3.63, 3.8) is 0 Å². The Hall–Kier alpha value is -3.03. The molecule has 2 aromatic rings. The normalized spacial score (nSPS) is 11.4. The molecule has 0 bridgehead atoms. The number of benzene rings is 2. The number of alkyl halides is 3. The van der Waals surface area contributed by atoms with E-state index < -0.39 is 17.6 Å². The predicted octanol–water partition coefficient (Wildman–Crippen LogP) is 3.49. The van der Waals surface area contributed by atoms with Crippen molar-refractivity contribution < 1.29 is 27.4 Å². The molecule has 25 heavy (non-hydrogen) atoms. The highest BCUT2D eigenvalue weighted by atomic mass is 19.4. The van der Waals surface area contributed by atoms with E-state index in [-0.39, 0.29) is 11.1 Å². The minimum absolute atomic E-state index is 0.150. The van der Waals surface area contributed by atoms with Crippen molar-refractivity contribution in [2.24, 2.45) is 5.10 Å². The highest BCUT2D eigenvalue weighted by Gasteiger charge is 2.32. The van der Waals surface area contributed by atoms with Crippen LogP contribution in [0.1, 0.15) is 21.5 Å². The van der Waals surface area contributed by atoms with Gasteiger partial charge in [-0.15, -0.1) is 0 Å². The first-order valence-electron chi connectivity index (χ1n) is 7.08. The summed E-state index contributed by atoms with van der Waals surface area (Å²) in [5, 5.41) is 3.59. The first-order chi connectivity index (χ1) is 11.9.